The Labute approximate surface area is 338 Å². The highest BCUT2D eigenvalue weighted by Crippen LogP contribution is 2.47. The normalized spacial score (nSPS) is 25.8. The van der Waals surface area contributed by atoms with Gasteiger partial charge in [-0.05, 0) is 84.4 Å². The Kier molecular flexibility index (Phi) is 11.2. The van der Waals surface area contributed by atoms with Crippen LogP contribution < -0.4 is 29.6 Å². The molecule has 4 amide bonds. The lowest BCUT2D eigenvalue weighted by Crippen LogP contribution is -2.58. The maximum atomic E-state index is 14.7. The Morgan fingerprint density at radius 1 is 1.09 bits per heavy atom. The van der Waals surface area contributed by atoms with Crippen molar-refractivity contribution in [2.24, 2.45) is 13.0 Å². The van der Waals surface area contributed by atoms with Crippen LogP contribution >= 0.6 is 0 Å². The maximum absolute atomic E-state index is 14.7. The first kappa shape index (κ1) is 41.0. The van der Waals surface area contributed by atoms with Crippen molar-refractivity contribution in [3.63, 3.8) is 0 Å². The molecule has 0 spiro atoms. The number of sulfonamides is 1. The lowest BCUT2D eigenvalue weighted by Gasteiger charge is -2.30. The zero-order valence-electron chi connectivity index (χ0n) is 33.9. The van der Waals surface area contributed by atoms with E-state index in [1.54, 1.807) is 39.4 Å². The molecule has 4 aliphatic rings. The van der Waals surface area contributed by atoms with Gasteiger partial charge in [-0.15, -0.1) is 0 Å². The Morgan fingerprint density at radius 3 is 2.55 bits per heavy atom. The van der Waals surface area contributed by atoms with E-state index in [9.17, 15) is 27.6 Å². The minimum atomic E-state index is -4.01. The molecule has 3 aromatic rings. The van der Waals surface area contributed by atoms with Crippen molar-refractivity contribution >= 4 is 44.6 Å². The van der Waals surface area contributed by atoms with Crippen LogP contribution in [0.25, 0.3) is 10.9 Å². The highest BCUT2D eigenvalue weighted by atomic mass is 32.2. The highest BCUT2D eigenvalue weighted by molar-refractivity contribution is 7.91. The largest absolute Gasteiger partial charge is 0.496 e. The number of ether oxygens (including phenoxy) is 3. The van der Waals surface area contributed by atoms with Crippen LogP contribution in [-0.4, -0.2) is 99.9 Å². The second kappa shape index (κ2) is 15.9. The number of nitrogens with zero attached hydrogens (tertiary/aromatic N) is 4. The van der Waals surface area contributed by atoms with Crippen LogP contribution in [0.2, 0.25) is 0 Å². The van der Waals surface area contributed by atoms with E-state index in [2.05, 4.69) is 20.5 Å². The third-order valence-corrected chi connectivity index (χ3v) is 13.9. The number of allylic oxidation sites excluding steroid dienone is 1. The van der Waals surface area contributed by atoms with E-state index in [1.165, 1.54) is 9.58 Å². The van der Waals surface area contributed by atoms with E-state index < -0.39 is 68.0 Å². The second-order valence-corrected chi connectivity index (χ2v) is 18.7. The Hall–Kier alpha value is -5.19. The molecule has 7 rings (SSSR count). The van der Waals surface area contributed by atoms with Gasteiger partial charge in [-0.2, -0.15) is 5.10 Å². The molecular weight excluding hydrogens is 767 g/mol. The number of rotatable bonds is 10. The maximum Gasteiger partial charge on any atom is 0.272 e. The van der Waals surface area contributed by atoms with Crippen molar-refractivity contribution in [1.82, 2.24) is 35.0 Å². The molecule has 16 nitrogen and oxygen atoms in total. The number of amides is 4. The molecule has 312 valence electrons. The van der Waals surface area contributed by atoms with E-state index in [4.69, 9.17) is 19.2 Å². The van der Waals surface area contributed by atoms with E-state index in [0.29, 0.717) is 60.4 Å². The number of hydrogen-bond donors (Lipinski definition) is 3. The molecule has 2 aromatic heterocycles. The first-order valence-corrected chi connectivity index (χ1v) is 21.5. The molecule has 17 heteroatoms. The SMILES string of the molecule is COc1ccc2c(OC3CC4C(=O)NC5(C(=O)NS(=O)(=O)C6(C)CC6)CC5C=CCCCCCC(NC(=O)c5ccn(C)n5)C(=O)N4C3)cc(OC(C)C)nc2c1C. The Balaban J connectivity index is 1.23. The molecule has 2 aliphatic heterocycles. The average Bonchev–Trinajstić information content (AvgIpc) is 3.97. The van der Waals surface area contributed by atoms with Gasteiger partial charge in [0.15, 0.2) is 0 Å². The molecule has 1 saturated heterocycles. The quantitative estimate of drug-likeness (QED) is 0.253. The predicted molar refractivity (Wildman–Crippen MR) is 214 cm³/mol. The molecule has 5 unspecified atom stereocenters. The van der Waals surface area contributed by atoms with Gasteiger partial charge in [-0.3, -0.25) is 28.6 Å². The number of aromatic nitrogens is 3. The molecule has 5 atom stereocenters. The van der Waals surface area contributed by atoms with Gasteiger partial charge in [0.2, 0.25) is 27.7 Å². The van der Waals surface area contributed by atoms with Crippen LogP contribution in [0.4, 0.5) is 0 Å². The number of hydrogen-bond acceptors (Lipinski definition) is 11. The number of carbonyl (C=O) groups is 4. The number of pyridine rings is 1. The number of carbonyl (C=O) groups excluding carboxylic acids is 4. The standard InChI is InChI=1S/C41H53N7O9S/c1-24(2)56-34-21-33(28-14-15-32(55-6)25(3)35(28)43-34)57-27-20-31-37(50)44-41(39(52)46-58(53,54)40(4)17-18-40)22-26(41)12-10-8-7-9-11-13-30(38(51)48(31)23-27)42-36(49)29-16-19-47(5)45-29/h10,12,14-16,19,21,24,26-27,30-31H,7-9,11,13,17-18,20,22-23H2,1-6H3,(H,42,49)(H,44,50)(H,46,52). The van der Waals surface area contributed by atoms with E-state index >= 15 is 0 Å². The molecular formula is C41H53N7O9S. The molecule has 0 bridgehead atoms. The van der Waals surface area contributed by atoms with Gasteiger partial charge in [0.1, 0.15) is 40.9 Å². The molecule has 2 aliphatic carbocycles. The zero-order valence-corrected chi connectivity index (χ0v) is 34.7. The van der Waals surface area contributed by atoms with Gasteiger partial charge in [-0.25, -0.2) is 13.4 Å². The third-order valence-electron chi connectivity index (χ3n) is 11.7. The van der Waals surface area contributed by atoms with Crippen LogP contribution in [0.5, 0.6) is 17.4 Å². The van der Waals surface area contributed by atoms with Crippen molar-refractivity contribution in [2.45, 2.75) is 120 Å². The number of nitrogens with one attached hydrogen (secondary N) is 3. The first-order chi connectivity index (χ1) is 27.5. The first-order valence-electron chi connectivity index (χ1n) is 20.0. The summed E-state index contributed by atoms with van der Waals surface area (Å²) >= 11 is 0. The van der Waals surface area contributed by atoms with E-state index in [1.807, 2.05) is 45.1 Å². The lowest BCUT2D eigenvalue weighted by molar-refractivity contribution is -0.141. The fourth-order valence-electron chi connectivity index (χ4n) is 7.87. The monoisotopic (exact) mass is 819 g/mol. The summed E-state index contributed by atoms with van der Waals surface area (Å²) in [5, 5.41) is 10.7. The molecule has 2 saturated carbocycles. The molecule has 4 heterocycles. The zero-order chi connectivity index (χ0) is 41.6. The Morgan fingerprint density at radius 2 is 1.86 bits per heavy atom. The molecule has 58 heavy (non-hydrogen) atoms. The van der Waals surface area contributed by atoms with Crippen molar-refractivity contribution in [3.05, 3.63) is 53.9 Å². The number of fused-ring (bicyclic) bond motifs is 3. The summed E-state index contributed by atoms with van der Waals surface area (Å²) in [6, 6.07) is 4.76. The summed E-state index contributed by atoms with van der Waals surface area (Å²) in [7, 11) is -0.740. The van der Waals surface area contributed by atoms with Gasteiger partial charge in [0.05, 0.1) is 30.0 Å². The fourth-order valence-corrected chi connectivity index (χ4v) is 9.18. The van der Waals surface area contributed by atoms with Crippen LogP contribution in [-0.2, 0) is 31.5 Å². The minimum absolute atomic E-state index is 0.0263. The van der Waals surface area contributed by atoms with Gasteiger partial charge >= 0.3 is 0 Å². The number of benzene rings is 1. The second-order valence-electron chi connectivity index (χ2n) is 16.5. The molecule has 1 aromatic carbocycles. The Bertz CT molecular complexity index is 2250. The fraction of sp³-hybridized carbons (Fsp3) is 0.561. The van der Waals surface area contributed by atoms with Gasteiger partial charge in [0.25, 0.3) is 11.8 Å². The van der Waals surface area contributed by atoms with E-state index in [0.717, 1.165) is 18.4 Å². The van der Waals surface area contributed by atoms with Crippen LogP contribution in [0, 0.1) is 12.8 Å². The van der Waals surface area contributed by atoms with Crippen LogP contribution in [0.3, 0.4) is 0 Å². The van der Waals surface area contributed by atoms with Crippen LogP contribution in [0.1, 0.15) is 94.6 Å². The minimum Gasteiger partial charge on any atom is -0.496 e. The van der Waals surface area contributed by atoms with Gasteiger partial charge in [-0.1, -0.05) is 25.0 Å². The molecule has 0 radical (unpaired) electrons. The topological polar surface area (TPSA) is 200 Å². The van der Waals surface area contributed by atoms with Crippen molar-refractivity contribution < 1.29 is 41.8 Å². The van der Waals surface area contributed by atoms with E-state index in [-0.39, 0.29) is 31.2 Å². The number of aryl methyl sites for hydroxylation is 2. The highest BCUT2D eigenvalue weighted by Gasteiger charge is 2.63. The van der Waals surface area contributed by atoms with Crippen molar-refractivity contribution in [1.29, 1.82) is 0 Å². The van der Waals surface area contributed by atoms with Crippen molar-refractivity contribution in [3.8, 4) is 17.4 Å². The summed E-state index contributed by atoms with van der Waals surface area (Å²) in [5.41, 5.74) is -0.0181. The van der Waals surface area contributed by atoms with Gasteiger partial charge < -0.3 is 29.7 Å². The molecule has 3 N–H and O–H groups in total. The number of methoxy groups -OCH3 is 1. The smallest absolute Gasteiger partial charge is 0.272 e. The summed E-state index contributed by atoms with van der Waals surface area (Å²) in [5.74, 6) is -1.51. The summed E-state index contributed by atoms with van der Waals surface area (Å²) in [6.45, 7) is 7.22. The average molecular weight is 820 g/mol. The summed E-state index contributed by atoms with van der Waals surface area (Å²) in [6.07, 6.45) is 8.79. The third kappa shape index (κ3) is 8.22. The lowest BCUT2D eigenvalue weighted by atomic mass is 10.0. The predicted octanol–water partition coefficient (Wildman–Crippen LogP) is 3.61. The summed E-state index contributed by atoms with van der Waals surface area (Å²) < 4.78 is 47.4. The molecule has 3 fully saturated rings. The van der Waals surface area contributed by atoms with Crippen molar-refractivity contribution in [2.75, 3.05) is 13.7 Å². The summed E-state index contributed by atoms with van der Waals surface area (Å²) in [4.78, 5) is 62.8. The van der Waals surface area contributed by atoms with Crippen LogP contribution in [0.15, 0.2) is 42.6 Å². The van der Waals surface area contributed by atoms with Gasteiger partial charge in [0, 0.05) is 42.6 Å².